The number of hydrogen-bond donors (Lipinski definition) is 4. The molecule has 1 unspecified atom stereocenters. The van der Waals surface area contributed by atoms with Crippen LogP contribution < -0.4 is 21.7 Å². The number of nitrogen functional groups attached to an aromatic ring is 1. The summed E-state index contributed by atoms with van der Waals surface area (Å²) >= 11 is 6.36. The highest BCUT2D eigenvalue weighted by Gasteiger charge is 2.22. The molecule has 1 aliphatic rings. The van der Waals surface area contributed by atoms with Gasteiger partial charge in [-0.2, -0.15) is 4.98 Å². The molecule has 9 heteroatoms. The van der Waals surface area contributed by atoms with Gasteiger partial charge in [0, 0.05) is 36.2 Å². The van der Waals surface area contributed by atoms with Crippen LogP contribution in [0.5, 0.6) is 0 Å². The third-order valence-corrected chi connectivity index (χ3v) is 5.24. The SMILES string of the molecule is C[C@H](Nc1ccnc(N)n1)c1cc2cccc(Cl)c2nc1NCC1CCC(=O)N1. The predicted molar refractivity (Wildman–Crippen MR) is 115 cm³/mol. The molecule has 5 N–H and O–H groups in total. The zero-order chi connectivity index (χ0) is 20.4. The summed E-state index contributed by atoms with van der Waals surface area (Å²) in [7, 11) is 0. The van der Waals surface area contributed by atoms with Gasteiger partial charge in [0.25, 0.3) is 0 Å². The molecule has 0 spiro atoms. The topological polar surface area (TPSA) is 118 Å². The summed E-state index contributed by atoms with van der Waals surface area (Å²) in [5, 5.41) is 11.2. The van der Waals surface area contributed by atoms with Gasteiger partial charge in [-0.1, -0.05) is 23.7 Å². The molecule has 150 valence electrons. The first kappa shape index (κ1) is 19.2. The lowest BCUT2D eigenvalue weighted by atomic mass is 10.1. The molecule has 1 amide bonds. The van der Waals surface area contributed by atoms with Gasteiger partial charge in [-0.15, -0.1) is 0 Å². The number of rotatable bonds is 6. The number of carbonyl (C=O) groups excluding carboxylic acids is 1. The fourth-order valence-electron chi connectivity index (χ4n) is 3.45. The molecule has 8 nitrogen and oxygen atoms in total. The average molecular weight is 412 g/mol. The third-order valence-electron chi connectivity index (χ3n) is 4.93. The molecule has 0 bridgehead atoms. The molecule has 2 aromatic heterocycles. The minimum atomic E-state index is -0.110. The molecular formula is C20H22ClN7O. The van der Waals surface area contributed by atoms with Crippen molar-refractivity contribution in [3.63, 3.8) is 0 Å². The number of carbonyl (C=O) groups is 1. The molecule has 29 heavy (non-hydrogen) atoms. The first-order valence-electron chi connectivity index (χ1n) is 9.47. The molecule has 4 rings (SSSR count). The predicted octanol–water partition coefficient (Wildman–Crippen LogP) is 3.12. The van der Waals surface area contributed by atoms with Crippen LogP contribution in [-0.2, 0) is 4.79 Å². The van der Waals surface area contributed by atoms with Crippen molar-refractivity contribution >= 4 is 46.0 Å². The summed E-state index contributed by atoms with van der Waals surface area (Å²) in [5.74, 6) is 1.64. The Morgan fingerprint density at radius 2 is 2.21 bits per heavy atom. The van der Waals surface area contributed by atoms with Crippen molar-refractivity contribution in [2.24, 2.45) is 0 Å². The first-order chi connectivity index (χ1) is 14.0. The first-order valence-corrected chi connectivity index (χ1v) is 9.85. The minimum Gasteiger partial charge on any atom is -0.368 e. The van der Waals surface area contributed by atoms with E-state index in [1.165, 1.54) is 0 Å². The number of nitrogens with zero attached hydrogens (tertiary/aromatic N) is 3. The second-order valence-electron chi connectivity index (χ2n) is 7.09. The maximum atomic E-state index is 11.5. The molecule has 1 saturated heterocycles. The largest absolute Gasteiger partial charge is 0.368 e. The highest BCUT2D eigenvalue weighted by molar-refractivity contribution is 6.35. The lowest BCUT2D eigenvalue weighted by molar-refractivity contribution is -0.119. The van der Waals surface area contributed by atoms with Gasteiger partial charge in [-0.25, -0.2) is 9.97 Å². The van der Waals surface area contributed by atoms with E-state index in [1.54, 1.807) is 12.3 Å². The number of para-hydroxylation sites is 1. The smallest absolute Gasteiger partial charge is 0.221 e. The monoisotopic (exact) mass is 411 g/mol. The number of pyridine rings is 1. The van der Waals surface area contributed by atoms with Crippen molar-refractivity contribution in [3.05, 3.63) is 47.1 Å². The Kier molecular flexibility index (Phi) is 5.35. The van der Waals surface area contributed by atoms with Crippen molar-refractivity contribution in [1.82, 2.24) is 20.3 Å². The van der Waals surface area contributed by atoms with Crippen LogP contribution in [0.1, 0.15) is 31.4 Å². The highest BCUT2D eigenvalue weighted by atomic mass is 35.5. The number of fused-ring (bicyclic) bond motifs is 1. The third kappa shape index (κ3) is 4.32. The summed E-state index contributed by atoms with van der Waals surface area (Å²) in [6, 6.07) is 9.51. The summed E-state index contributed by atoms with van der Waals surface area (Å²) in [5.41, 5.74) is 7.38. The Hall–Kier alpha value is -3.13. The molecule has 1 aliphatic heterocycles. The Morgan fingerprint density at radius 1 is 1.34 bits per heavy atom. The van der Waals surface area contributed by atoms with Crippen molar-refractivity contribution in [3.8, 4) is 0 Å². The molecule has 3 aromatic rings. The van der Waals surface area contributed by atoms with Gasteiger partial charge in [-0.3, -0.25) is 4.79 Å². The number of anilines is 3. The quantitative estimate of drug-likeness (QED) is 0.492. The summed E-state index contributed by atoms with van der Waals surface area (Å²) in [6.07, 6.45) is 2.98. The molecule has 0 saturated carbocycles. The van der Waals surface area contributed by atoms with E-state index >= 15 is 0 Å². The van der Waals surface area contributed by atoms with Crippen LogP contribution in [0.3, 0.4) is 0 Å². The number of amides is 1. The second-order valence-corrected chi connectivity index (χ2v) is 7.50. The summed E-state index contributed by atoms with van der Waals surface area (Å²) in [4.78, 5) is 24.4. The molecule has 0 aliphatic carbocycles. The van der Waals surface area contributed by atoms with Crippen LogP contribution in [0.2, 0.25) is 5.02 Å². The number of halogens is 1. The van der Waals surface area contributed by atoms with Gasteiger partial charge in [0.05, 0.1) is 16.6 Å². The van der Waals surface area contributed by atoms with E-state index in [2.05, 4.69) is 32.0 Å². The fourth-order valence-corrected chi connectivity index (χ4v) is 3.68. The minimum absolute atomic E-state index is 0.0860. The van der Waals surface area contributed by atoms with Crippen LogP contribution in [0.25, 0.3) is 10.9 Å². The van der Waals surface area contributed by atoms with Gasteiger partial charge in [0.15, 0.2) is 0 Å². The van der Waals surface area contributed by atoms with Crippen LogP contribution >= 0.6 is 11.6 Å². The van der Waals surface area contributed by atoms with Gasteiger partial charge in [0.2, 0.25) is 11.9 Å². The summed E-state index contributed by atoms with van der Waals surface area (Å²) in [6.45, 7) is 2.61. The van der Waals surface area contributed by atoms with Crippen LogP contribution in [0.4, 0.5) is 17.6 Å². The van der Waals surface area contributed by atoms with Crippen molar-refractivity contribution in [1.29, 1.82) is 0 Å². The zero-order valence-electron chi connectivity index (χ0n) is 15.9. The van der Waals surface area contributed by atoms with Gasteiger partial charge >= 0.3 is 0 Å². The molecule has 1 fully saturated rings. The average Bonchev–Trinajstić information content (AvgIpc) is 3.11. The van der Waals surface area contributed by atoms with E-state index in [9.17, 15) is 4.79 Å². The van der Waals surface area contributed by atoms with Crippen LogP contribution in [0.15, 0.2) is 36.5 Å². The molecule has 1 aromatic carbocycles. The van der Waals surface area contributed by atoms with Crippen LogP contribution in [-0.4, -0.2) is 33.4 Å². The van der Waals surface area contributed by atoms with E-state index in [0.29, 0.717) is 29.6 Å². The molecule has 2 atom stereocenters. The Bertz CT molecular complexity index is 1060. The Labute approximate surface area is 173 Å². The number of aromatic nitrogens is 3. The molecule has 0 radical (unpaired) electrons. The van der Waals surface area contributed by atoms with E-state index in [0.717, 1.165) is 22.9 Å². The molecule has 3 heterocycles. The Balaban J connectivity index is 1.65. The number of benzene rings is 1. The van der Waals surface area contributed by atoms with Crippen molar-refractivity contribution in [2.75, 3.05) is 22.9 Å². The lowest BCUT2D eigenvalue weighted by Gasteiger charge is -2.21. The standard InChI is InChI=1S/C20H22ClN7O/c1-11(25-16-7-8-23-20(22)27-16)14-9-12-3-2-4-15(21)18(12)28-19(14)24-10-13-5-6-17(29)26-13/h2-4,7-9,11,13H,5-6,10H2,1H3,(H,24,28)(H,26,29)(H3,22,23,25,27)/t11-,13?/m0/s1. The van der Waals surface area contributed by atoms with E-state index in [1.807, 2.05) is 25.1 Å². The number of nitrogens with one attached hydrogen (secondary N) is 3. The Morgan fingerprint density at radius 3 is 2.97 bits per heavy atom. The van der Waals surface area contributed by atoms with Gasteiger partial charge in [-0.05, 0) is 31.5 Å². The number of nitrogens with two attached hydrogens (primary N) is 1. The van der Waals surface area contributed by atoms with Gasteiger partial charge in [0.1, 0.15) is 11.6 Å². The van der Waals surface area contributed by atoms with Crippen molar-refractivity contribution in [2.45, 2.75) is 31.8 Å². The normalized spacial score (nSPS) is 17.2. The van der Waals surface area contributed by atoms with E-state index < -0.39 is 0 Å². The number of hydrogen-bond acceptors (Lipinski definition) is 7. The zero-order valence-corrected chi connectivity index (χ0v) is 16.7. The second kappa shape index (κ2) is 8.08. The van der Waals surface area contributed by atoms with E-state index in [-0.39, 0.29) is 23.9 Å². The molecular weight excluding hydrogens is 390 g/mol. The van der Waals surface area contributed by atoms with Gasteiger partial charge < -0.3 is 21.7 Å². The summed E-state index contributed by atoms with van der Waals surface area (Å²) < 4.78 is 0. The maximum absolute atomic E-state index is 11.5. The van der Waals surface area contributed by atoms with Crippen molar-refractivity contribution < 1.29 is 4.79 Å². The lowest BCUT2D eigenvalue weighted by Crippen LogP contribution is -2.32. The highest BCUT2D eigenvalue weighted by Crippen LogP contribution is 2.31. The fraction of sp³-hybridized carbons (Fsp3) is 0.300. The van der Waals surface area contributed by atoms with E-state index in [4.69, 9.17) is 22.3 Å². The van der Waals surface area contributed by atoms with Crippen LogP contribution in [0, 0.1) is 0 Å². The maximum Gasteiger partial charge on any atom is 0.221 e.